The quantitative estimate of drug-likeness (QED) is 0.812. The summed E-state index contributed by atoms with van der Waals surface area (Å²) in [5, 5.41) is 8.24. The molecule has 0 spiro atoms. The van der Waals surface area contributed by atoms with Gasteiger partial charge in [0.2, 0.25) is 5.91 Å². The van der Waals surface area contributed by atoms with Crippen molar-refractivity contribution in [2.45, 2.75) is 45.3 Å². The molecular weight excluding hydrogens is 232 g/mol. The van der Waals surface area contributed by atoms with Crippen LogP contribution in [0.1, 0.15) is 43.6 Å². The fourth-order valence-electron chi connectivity index (χ4n) is 2.38. The lowest BCUT2D eigenvalue weighted by atomic mass is 9.80. The van der Waals surface area contributed by atoms with Gasteiger partial charge in [-0.2, -0.15) is 0 Å². The normalized spacial score (nSPS) is 17.4. The molecule has 1 aliphatic carbocycles. The predicted molar refractivity (Wildman–Crippen MR) is 65.7 cm³/mol. The first-order valence-electron chi connectivity index (χ1n) is 6.33. The van der Waals surface area contributed by atoms with Crippen molar-refractivity contribution in [2.75, 3.05) is 7.11 Å². The van der Waals surface area contributed by atoms with Gasteiger partial charge in [0.1, 0.15) is 0 Å². The van der Waals surface area contributed by atoms with Gasteiger partial charge in [0.25, 0.3) is 0 Å². The predicted octanol–water partition coefficient (Wildman–Crippen LogP) is 0.813. The fraction of sp³-hybridized carbons (Fsp3) is 0.750. The van der Waals surface area contributed by atoms with Gasteiger partial charge in [0, 0.05) is 7.11 Å². The minimum absolute atomic E-state index is 0.121. The van der Waals surface area contributed by atoms with Crippen molar-refractivity contribution < 1.29 is 9.53 Å². The van der Waals surface area contributed by atoms with Crippen molar-refractivity contribution in [1.82, 2.24) is 15.0 Å². The van der Waals surface area contributed by atoms with Crippen LogP contribution in [0, 0.1) is 5.92 Å². The van der Waals surface area contributed by atoms with Gasteiger partial charge in [-0.05, 0) is 25.7 Å². The van der Waals surface area contributed by atoms with E-state index in [1.54, 1.807) is 7.11 Å². The van der Waals surface area contributed by atoms with Gasteiger partial charge in [0.15, 0.2) is 0 Å². The maximum atomic E-state index is 11.0. The maximum absolute atomic E-state index is 11.0. The van der Waals surface area contributed by atoms with Gasteiger partial charge in [0.05, 0.1) is 30.5 Å². The van der Waals surface area contributed by atoms with E-state index < -0.39 is 5.91 Å². The second-order valence-electron chi connectivity index (χ2n) is 4.94. The maximum Gasteiger partial charge on any atom is 0.223 e. The van der Waals surface area contributed by atoms with Crippen LogP contribution in [0.3, 0.4) is 0 Å². The SMILES string of the molecule is COCc1c(CC(N)=O)nnn1C(C)C1CCC1. The van der Waals surface area contributed by atoms with Gasteiger partial charge >= 0.3 is 0 Å². The molecule has 1 aromatic rings. The number of amides is 1. The first-order chi connectivity index (χ1) is 8.63. The highest BCUT2D eigenvalue weighted by molar-refractivity contribution is 5.76. The minimum atomic E-state index is -0.393. The molecule has 0 aromatic carbocycles. The minimum Gasteiger partial charge on any atom is -0.378 e. The lowest BCUT2D eigenvalue weighted by molar-refractivity contribution is -0.117. The summed E-state index contributed by atoms with van der Waals surface area (Å²) < 4.78 is 7.07. The number of nitrogens with two attached hydrogens (primary N) is 1. The van der Waals surface area contributed by atoms with Gasteiger partial charge < -0.3 is 10.5 Å². The molecule has 1 heterocycles. The molecule has 0 radical (unpaired) electrons. The molecule has 0 saturated heterocycles. The van der Waals surface area contributed by atoms with Crippen LogP contribution in [-0.4, -0.2) is 28.0 Å². The zero-order valence-corrected chi connectivity index (χ0v) is 10.9. The number of aromatic nitrogens is 3. The average Bonchev–Trinajstić information content (AvgIpc) is 2.59. The monoisotopic (exact) mass is 252 g/mol. The van der Waals surface area contributed by atoms with E-state index in [4.69, 9.17) is 10.5 Å². The van der Waals surface area contributed by atoms with Crippen LogP contribution in [-0.2, 0) is 22.6 Å². The Hall–Kier alpha value is -1.43. The first kappa shape index (κ1) is 13.0. The number of carbonyl (C=O) groups excluding carboxylic acids is 1. The topological polar surface area (TPSA) is 83.0 Å². The lowest BCUT2D eigenvalue weighted by Gasteiger charge is -2.32. The molecule has 1 aliphatic rings. The van der Waals surface area contributed by atoms with E-state index in [9.17, 15) is 4.79 Å². The Balaban J connectivity index is 2.22. The van der Waals surface area contributed by atoms with Crippen molar-refractivity contribution in [3.05, 3.63) is 11.4 Å². The zero-order chi connectivity index (χ0) is 13.1. The van der Waals surface area contributed by atoms with Crippen LogP contribution in [0.2, 0.25) is 0 Å². The molecule has 0 aliphatic heterocycles. The highest BCUT2D eigenvalue weighted by Gasteiger charge is 2.28. The molecule has 18 heavy (non-hydrogen) atoms. The van der Waals surface area contributed by atoms with Crippen LogP contribution < -0.4 is 5.73 Å². The zero-order valence-electron chi connectivity index (χ0n) is 10.9. The number of nitrogens with zero attached hydrogens (tertiary/aromatic N) is 3. The number of hydrogen-bond acceptors (Lipinski definition) is 4. The Morgan fingerprint density at radius 2 is 2.33 bits per heavy atom. The summed E-state index contributed by atoms with van der Waals surface area (Å²) in [4.78, 5) is 11.0. The highest BCUT2D eigenvalue weighted by Crippen LogP contribution is 2.36. The van der Waals surface area contributed by atoms with Crippen molar-refractivity contribution in [2.24, 2.45) is 11.7 Å². The molecule has 1 aromatic heterocycles. The number of methoxy groups -OCH3 is 1. The second-order valence-corrected chi connectivity index (χ2v) is 4.94. The summed E-state index contributed by atoms with van der Waals surface area (Å²) in [5.41, 5.74) is 6.72. The number of ether oxygens (including phenoxy) is 1. The Labute approximate surface area is 106 Å². The van der Waals surface area contributed by atoms with E-state index in [1.807, 2.05) is 4.68 Å². The molecule has 1 atom stereocenters. The van der Waals surface area contributed by atoms with Crippen LogP contribution in [0.15, 0.2) is 0 Å². The number of hydrogen-bond donors (Lipinski definition) is 1. The summed E-state index contributed by atoms with van der Waals surface area (Å²) >= 11 is 0. The fourth-order valence-corrected chi connectivity index (χ4v) is 2.38. The third kappa shape index (κ3) is 2.53. The van der Waals surface area contributed by atoms with Gasteiger partial charge in [-0.25, -0.2) is 4.68 Å². The summed E-state index contributed by atoms with van der Waals surface area (Å²) in [6.45, 7) is 2.55. The second kappa shape index (κ2) is 5.48. The van der Waals surface area contributed by atoms with Gasteiger partial charge in [-0.15, -0.1) is 5.10 Å². The van der Waals surface area contributed by atoms with Crippen LogP contribution >= 0.6 is 0 Å². The third-order valence-electron chi connectivity index (χ3n) is 3.71. The first-order valence-corrected chi connectivity index (χ1v) is 6.33. The largest absolute Gasteiger partial charge is 0.378 e. The third-order valence-corrected chi connectivity index (χ3v) is 3.71. The standard InChI is InChI=1S/C12H20N4O2/c1-8(9-4-3-5-9)16-11(7-18-2)10(14-15-16)6-12(13)17/h8-9H,3-7H2,1-2H3,(H2,13,17). The molecule has 1 amide bonds. The van der Waals surface area contributed by atoms with Crippen molar-refractivity contribution in [3.63, 3.8) is 0 Å². The van der Waals surface area contributed by atoms with E-state index in [0.717, 1.165) is 5.69 Å². The van der Waals surface area contributed by atoms with Crippen molar-refractivity contribution in [1.29, 1.82) is 0 Å². The number of carbonyl (C=O) groups is 1. The molecule has 1 saturated carbocycles. The Morgan fingerprint density at radius 1 is 1.61 bits per heavy atom. The molecule has 2 N–H and O–H groups in total. The molecule has 0 bridgehead atoms. The lowest BCUT2D eigenvalue weighted by Crippen LogP contribution is -2.25. The van der Waals surface area contributed by atoms with Crippen molar-refractivity contribution >= 4 is 5.91 Å². The molecular formula is C12H20N4O2. The van der Waals surface area contributed by atoms with E-state index in [0.29, 0.717) is 24.3 Å². The Bertz CT molecular complexity index is 426. The van der Waals surface area contributed by atoms with Crippen LogP contribution in [0.5, 0.6) is 0 Å². The smallest absolute Gasteiger partial charge is 0.223 e. The van der Waals surface area contributed by atoms with E-state index in [2.05, 4.69) is 17.2 Å². The summed E-state index contributed by atoms with van der Waals surface area (Å²) in [7, 11) is 1.62. The average molecular weight is 252 g/mol. The summed E-state index contributed by atoms with van der Waals surface area (Å²) in [5.74, 6) is 0.263. The molecule has 1 fully saturated rings. The van der Waals surface area contributed by atoms with Gasteiger partial charge in [-0.3, -0.25) is 4.79 Å². The van der Waals surface area contributed by atoms with E-state index in [1.165, 1.54) is 19.3 Å². The van der Waals surface area contributed by atoms with Gasteiger partial charge in [-0.1, -0.05) is 11.6 Å². The van der Waals surface area contributed by atoms with Crippen molar-refractivity contribution in [3.8, 4) is 0 Å². The molecule has 6 nitrogen and oxygen atoms in total. The Morgan fingerprint density at radius 3 is 2.83 bits per heavy atom. The molecule has 100 valence electrons. The number of rotatable bonds is 6. The highest BCUT2D eigenvalue weighted by atomic mass is 16.5. The summed E-state index contributed by atoms with van der Waals surface area (Å²) in [6, 6.07) is 0.304. The van der Waals surface area contributed by atoms with E-state index >= 15 is 0 Å². The number of primary amides is 1. The molecule has 1 unspecified atom stereocenters. The summed E-state index contributed by atoms with van der Waals surface area (Å²) in [6.07, 6.45) is 3.88. The van der Waals surface area contributed by atoms with Crippen LogP contribution in [0.25, 0.3) is 0 Å². The molecule has 2 rings (SSSR count). The van der Waals surface area contributed by atoms with E-state index in [-0.39, 0.29) is 6.42 Å². The van der Waals surface area contributed by atoms with Crippen LogP contribution in [0.4, 0.5) is 0 Å². The molecule has 6 heteroatoms. The Kier molecular flexibility index (Phi) is 3.96.